The van der Waals surface area contributed by atoms with Crippen molar-refractivity contribution in [2.24, 2.45) is 5.92 Å². The van der Waals surface area contributed by atoms with Crippen molar-refractivity contribution < 1.29 is 4.79 Å². The molecule has 0 aliphatic rings. The van der Waals surface area contributed by atoms with E-state index in [1.165, 1.54) is 0 Å². The Kier molecular flexibility index (Phi) is 4.28. The molecule has 0 radical (unpaired) electrons. The standard InChI is InChI=1S/C18H20N4O/c1-12(2)16(17-20-14-10-6-7-11-15(14)21-17)22-18(23)19-13-8-4-3-5-9-13/h3-12,16H,1-2H3,(H,20,21)(H2,19,22,23). The Bertz CT molecular complexity index is 762. The summed E-state index contributed by atoms with van der Waals surface area (Å²) in [5, 5.41) is 5.84. The molecule has 2 aromatic carbocycles. The fourth-order valence-electron chi connectivity index (χ4n) is 2.50. The maximum absolute atomic E-state index is 12.3. The van der Waals surface area contributed by atoms with Gasteiger partial charge in [-0.05, 0) is 30.2 Å². The fourth-order valence-corrected chi connectivity index (χ4v) is 2.50. The summed E-state index contributed by atoms with van der Waals surface area (Å²) in [7, 11) is 0. The van der Waals surface area contributed by atoms with E-state index in [0.717, 1.165) is 22.5 Å². The van der Waals surface area contributed by atoms with Gasteiger partial charge in [-0.15, -0.1) is 0 Å². The molecular formula is C18H20N4O. The van der Waals surface area contributed by atoms with E-state index < -0.39 is 0 Å². The molecule has 1 heterocycles. The molecule has 3 N–H and O–H groups in total. The largest absolute Gasteiger partial charge is 0.340 e. The molecule has 0 bridgehead atoms. The van der Waals surface area contributed by atoms with Crippen molar-refractivity contribution in [2.45, 2.75) is 19.9 Å². The van der Waals surface area contributed by atoms with Crippen LogP contribution in [0, 0.1) is 5.92 Å². The third-order valence-electron chi connectivity index (χ3n) is 3.69. The summed E-state index contributed by atoms with van der Waals surface area (Å²) >= 11 is 0. The first-order chi connectivity index (χ1) is 11.1. The van der Waals surface area contributed by atoms with Crippen LogP contribution < -0.4 is 10.6 Å². The van der Waals surface area contributed by atoms with Crippen LogP contribution in [0.4, 0.5) is 10.5 Å². The van der Waals surface area contributed by atoms with Crippen molar-refractivity contribution in [3.05, 3.63) is 60.4 Å². The molecule has 1 unspecified atom stereocenters. The molecule has 0 aliphatic heterocycles. The highest BCUT2D eigenvalue weighted by Crippen LogP contribution is 2.22. The minimum atomic E-state index is -0.240. The van der Waals surface area contributed by atoms with Crippen LogP contribution >= 0.6 is 0 Å². The lowest BCUT2D eigenvalue weighted by Crippen LogP contribution is -2.35. The van der Waals surface area contributed by atoms with Gasteiger partial charge in [-0.3, -0.25) is 0 Å². The summed E-state index contributed by atoms with van der Waals surface area (Å²) < 4.78 is 0. The van der Waals surface area contributed by atoms with Gasteiger partial charge in [-0.25, -0.2) is 9.78 Å². The summed E-state index contributed by atoms with van der Waals surface area (Å²) in [6.07, 6.45) is 0. The normalized spacial score (nSPS) is 12.3. The molecule has 5 heteroatoms. The van der Waals surface area contributed by atoms with Crippen molar-refractivity contribution in [1.82, 2.24) is 15.3 Å². The first-order valence-electron chi connectivity index (χ1n) is 7.70. The Morgan fingerprint density at radius 2 is 1.74 bits per heavy atom. The van der Waals surface area contributed by atoms with Gasteiger partial charge in [-0.1, -0.05) is 44.2 Å². The summed E-state index contributed by atoms with van der Waals surface area (Å²) in [6, 6.07) is 16.8. The summed E-state index contributed by atoms with van der Waals surface area (Å²) in [5.74, 6) is 0.974. The van der Waals surface area contributed by atoms with Crippen molar-refractivity contribution in [3.63, 3.8) is 0 Å². The number of hydrogen-bond acceptors (Lipinski definition) is 2. The van der Waals surface area contributed by atoms with Crippen LogP contribution in [0.3, 0.4) is 0 Å². The van der Waals surface area contributed by atoms with Crippen molar-refractivity contribution in [1.29, 1.82) is 0 Å². The van der Waals surface area contributed by atoms with Crippen LogP contribution in [-0.4, -0.2) is 16.0 Å². The van der Waals surface area contributed by atoms with E-state index in [-0.39, 0.29) is 18.0 Å². The molecule has 3 aromatic rings. The Morgan fingerprint density at radius 1 is 1.04 bits per heavy atom. The Hall–Kier alpha value is -2.82. The minimum Gasteiger partial charge on any atom is -0.340 e. The number of aromatic nitrogens is 2. The minimum absolute atomic E-state index is 0.189. The fraction of sp³-hybridized carbons (Fsp3) is 0.222. The number of imidazole rings is 1. The lowest BCUT2D eigenvalue weighted by atomic mass is 10.0. The molecule has 1 aromatic heterocycles. The third kappa shape index (κ3) is 3.51. The predicted molar refractivity (Wildman–Crippen MR) is 92.3 cm³/mol. The topological polar surface area (TPSA) is 69.8 Å². The number of anilines is 1. The number of carbonyl (C=O) groups is 1. The van der Waals surface area contributed by atoms with Gasteiger partial charge in [0.25, 0.3) is 0 Å². The molecule has 0 spiro atoms. The van der Waals surface area contributed by atoms with Gasteiger partial charge in [0.2, 0.25) is 0 Å². The van der Waals surface area contributed by atoms with Crippen LogP contribution in [0.2, 0.25) is 0 Å². The van der Waals surface area contributed by atoms with Crippen LogP contribution in [0.1, 0.15) is 25.7 Å². The number of hydrogen-bond donors (Lipinski definition) is 3. The SMILES string of the molecule is CC(C)C(NC(=O)Nc1ccccc1)c1nc2ccccc2[nH]1. The van der Waals surface area contributed by atoms with Gasteiger partial charge in [0.1, 0.15) is 5.82 Å². The number of para-hydroxylation sites is 3. The lowest BCUT2D eigenvalue weighted by Gasteiger charge is -2.20. The molecule has 0 saturated heterocycles. The van der Waals surface area contributed by atoms with Crippen LogP contribution in [0.25, 0.3) is 11.0 Å². The highest BCUT2D eigenvalue weighted by atomic mass is 16.2. The predicted octanol–water partition coefficient (Wildman–Crippen LogP) is 4.08. The van der Waals surface area contributed by atoms with Gasteiger partial charge in [0, 0.05) is 5.69 Å². The average molecular weight is 308 g/mol. The number of aromatic amines is 1. The number of H-pyrrole nitrogens is 1. The lowest BCUT2D eigenvalue weighted by molar-refractivity contribution is 0.244. The molecule has 2 amide bonds. The third-order valence-corrected chi connectivity index (χ3v) is 3.69. The second-order valence-electron chi connectivity index (χ2n) is 5.83. The molecule has 1 atom stereocenters. The van der Waals surface area contributed by atoms with Gasteiger partial charge in [0.05, 0.1) is 17.1 Å². The number of benzene rings is 2. The summed E-state index contributed by atoms with van der Waals surface area (Å²) in [6.45, 7) is 4.11. The molecule has 23 heavy (non-hydrogen) atoms. The van der Waals surface area contributed by atoms with Crippen LogP contribution in [0.5, 0.6) is 0 Å². The van der Waals surface area contributed by atoms with Gasteiger partial charge >= 0.3 is 6.03 Å². The maximum Gasteiger partial charge on any atom is 0.319 e. The molecule has 5 nitrogen and oxygen atoms in total. The average Bonchev–Trinajstić information content (AvgIpc) is 2.97. The monoisotopic (exact) mass is 308 g/mol. The Balaban J connectivity index is 1.77. The zero-order valence-electron chi connectivity index (χ0n) is 13.2. The molecule has 0 fully saturated rings. The molecule has 118 valence electrons. The number of urea groups is 1. The number of carbonyl (C=O) groups excluding carboxylic acids is 1. The Labute approximate surface area is 135 Å². The highest BCUT2D eigenvalue weighted by molar-refractivity contribution is 5.89. The van der Waals surface area contributed by atoms with Crippen LogP contribution in [-0.2, 0) is 0 Å². The smallest absolute Gasteiger partial charge is 0.319 e. The number of amides is 2. The van der Waals surface area contributed by atoms with E-state index in [2.05, 4.69) is 34.4 Å². The van der Waals surface area contributed by atoms with E-state index in [1.54, 1.807) is 0 Å². The second-order valence-corrected chi connectivity index (χ2v) is 5.83. The highest BCUT2D eigenvalue weighted by Gasteiger charge is 2.21. The van der Waals surface area contributed by atoms with Gasteiger partial charge < -0.3 is 15.6 Å². The second kappa shape index (κ2) is 6.52. The quantitative estimate of drug-likeness (QED) is 0.679. The number of fused-ring (bicyclic) bond motifs is 1. The summed E-state index contributed by atoms with van der Waals surface area (Å²) in [5.41, 5.74) is 2.63. The number of nitrogens with zero attached hydrogens (tertiary/aromatic N) is 1. The number of nitrogens with one attached hydrogen (secondary N) is 3. The number of rotatable bonds is 4. The summed E-state index contributed by atoms with van der Waals surface area (Å²) in [4.78, 5) is 20.1. The first-order valence-corrected chi connectivity index (χ1v) is 7.70. The molecule has 0 saturated carbocycles. The maximum atomic E-state index is 12.3. The van der Waals surface area contributed by atoms with E-state index in [0.29, 0.717) is 0 Å². The van der Waals surface area contributed by atoms with E-state index in [4.69, 9.17) is 0 Å². The van der Waals surface area contributed by atoms with Crippen molar-refractivity contribution in [3.8, 4) is 0 Å². The van der Waals surface area contributed by atoms with E-state index >= 15 is 0 Å². The van der Waals surface area contributed by atoms with Crippen molar-refractivity contribution in [2.75, 3.05) is 5.32 Å². The van der Waals surface area contributed by atoms with E-state index in [1.807, 2.05) is 54.6 Å². The van der Waals surface area contributed by atoms with Gasteiger partial charge in [-0.2, -0.15) is 0 Å². The van der Waals surface area contributed by atoms with Crippen LogP contribution in [0.15, 0.2) is 54.6 Å². The zero-order valence-corrected chi connectivity index (χ0v) is 13.2. The van der Waals surface area contributed by atoms with E-state index in [9.17, 15) is 4.79 Å². The first kappa shape index (κ1) is 15.1. The zero-order chi connectivity index (χ0) is 16.2. The Morgan fingerprint density at radius 3 is 2.43 bits per heavy atom. The molecule has 3 rings (SSSR count). The molecule has 0 aliphatic carbocycles. The van der Waals surface area contributed by atoms with Crippen molar-refractivity contribution >= 4 is 22.8 Å². The van der Waals surface area contributed by atoms with Gasteiger partial charge in [0.15, 0.2) is 0 Å². The molecular weight excluding hydrogens is 288 g/mol.